The predicted molar refractivity (Wildman–Crippen MR) is 110 cm³/mol. The number of nitrogens with zero attached hydrogens (tertiary/aromatic N) is 2. The highest BCUT2D eigenvalue weighted by Gasteiger charge is 2.27. The van der Waals surface area contributed by atoms with Gasteiger partial charge in [0, 0.05) is 29.0 Å². The topological polar surface area (TPSA) is 69.9 Å². The molecule has 0 amide bonds. The highest BCUT2D eigenvalue weighted by molar-refractivity contribution is 6.10. The maximum absolute atomic E-state index is 12.1. The third-order valence-electron chi connectivity index (χ3n) is 4.53. The Morgan fingerprint density at radius 2 is 1.61 bits per heavy atom. The van der Waals surface area contributed by atoms with Gasteiger partial charge >= 0.3 is 11.9 Å². The van der Waals surface area contributed by atoms with E-state index < -0.39 is 17.9 Å². The molecular formula is C22H24N2O4. The van der Waals surface area contributed by atoms with Gasteiger partial charge in [0.15, 0.2) is 5.92 Å². The van der Waals surface area contributed by atoms with Crippen molar-refractivity contribution in [3.63, 3.8) is 0 Å². The van der Waals surface area contributed by atoms with Crippen molar-refractivity contribution in [3.8, 4) is 0 Å². The Bertz CT molecular complexity index is 1020. The van der Waals surface area contributed by atoms with Crippen LogP contribution in [-0.2, 0) is 25.6 Å². The molecule has 3 rings (SSSR count). The Kier molecular flexibility index (Phi) is 6.09. The van der Waals surface area contributed by atoms with E-state index >= 15 is 0 Å². The maximum Gasteiger partial charge on any atom is 0.325 e. The van der Waals surface area contributed by atoms with Crippen LogP contribution in [0.1, 0.15) is 20.8 Å². The van der Waals surface area contributed by atoms with Crippen molar-refractivity contribution >= 4 is 45.6 Å². The summed E-state index contributed by atoms with van der Waals surface area (Å²) in [6, 6.07) is 14.1. The summed E-state index contributed by atoms with van der Waals surface area (Å²) < 4.78 is 12.2. The van der Waals surface area contributed by atoms with E-state index in [0.717, 1.165) is 23.0 Å². The number of para-hydroxylation sites is 1. The first-order chi connectivity index (χ1) is 13.6. The van der Waals surface area contributed by atoms with Crippen LogP contribution in [0.2, 0.25) is 0 Å². The Balaban J connectivity index is 1.99. The van der Waals surface area contributed by atoms with Crippen molar-refractivity contribution in [2.24, 2.45) is 10.9 Å². The van der Waals surface area contributed by atoms with Gasteiger partial charge in [-0.15, -0.1) is 0 Å². The number of ether oxygens (including phenoxy) is 2. The van der Waals surface area contributed by atoms with Crippen LogP contribution in [0.25, 0.3) is 21.8 Å². The van der Waals surface area contributed by atoms with E-state index in [2.05, 4.69) is 28.6 Å². The van der Waals surface area contributed by atoms with E-state index in [1.54, 1.807) is 13.8 Å². The normalized spacial score (nSPS) is 11.6. The van der Waals surface area contributed by atoms with Gasteiger partial charge in [-0.3, -0.25) is 14.6 Å². The number of fused-ring (bicyclic) bond motifs is 3. The van der Waals surface area contributed by atoms with Crippen LogP contribution in [0.3, 0.4) is 0 Å². The van der Waals surface area contributed by atoms with Gasteiger partial charge in [-0.1, -0.05) is 24.3 Å². The van der Waals surface area contributed by atoms with Crippen LogP contribution in [0.4, 0.5) is 5.69 Å². The standard InChI is InChI=1S/C22H24N2O4/c1-4-24-19-10-8-7-9-16(19)17-12-11-15(13-20(17)24)23-14-18(21(25)27-5-2)22(26)28-6-3/h7-14,18H,4-6H2,1-3H3. The molecule has 0 N–H and O–H groups in total. The first-order valence-electron chi connectivity index (χ1n) is 9.49. The number of aliphatic imine (C=N–C) groups is 1. The van der Waals surface area contributed by atoms with Crippen LogP contribution >= 0.6 is 0 Å². The molecule has 0 saturated carbocycles. The maximum atomic E-state index is 12.1. The lowest BCUT2D eigenvalue weighted by Crippen LogP contribution is -2.29. The molecule has 0 aliphatic rings. The van der Waals surface area contributed by atoms with Crippen molar-refractivity contribution in [1.82, 2.24) is 4.57 Å². The Labute approximate surface area is 163 Å². The van der Waals surface area contributed by atoms with Gasteiger partial charge in [-0.2, -0.15) is 0 Å². The molecule has 3 aromatic rings. The molecular weight excluding hydrogens is 356 g/mol. The molecule has 0 aliphatic heterocycles. The van der Waals surface area contributed by atoms with Gasteiger partial charge in [0.1, 0.15) is 0 Å². The summed E-state index contributed by atoms with van der Waals surface area (Å²) in [6.07, 6.45) is 1.30. The second-order valence-corrected chi connectivity index (χ2v) is 6.22. The number of carbonyl (C=O) groups is 2. The molecule has 2 aromatic carbocycles. The van der Waals surface area contributed by atoms with Gasteiger partial charge in [0.25, 0.3) is 0 Å². The van der Waals surface area contributed by atoms with E-state index in [1.807, 2.05) is 30.3 Å². The Morgan fingerprint density at radius 1 is 0.964 bits per heavy atom. The fourth-order valence-corrected chi connectivity index (χ4v) is 3.30. The summed E-state index contributed by atoms with van der Waals surface area (Å²) in [4.78, 5) is 28.6. The smallest absolute Gasteiger partial charge is 0.325 e. The zero-order valence-corrected chi connectivity index (χ0v) is 16.3. The zero-order valence-electron chi connectivity index (χ0n) is 16.3. The minimum absolute atomic E-state index is 0.186. The summed E-state index contributed by atoms with van der Waals surface area (Å²) in [5.41, 5.74) is 2.88. The number of carbonyl (C=O) groups excluding carboxylic acids is 2. The van der Waals surface area contributed by atoms with Gasteiger partial charge in [0.05, 0.1) is 24.4 Å². The summed E-state index contributed by atoms with van der Waals surface area (Å²) in [6.45, 7) is 6.67. The molecule has 6 heteroatoms. The quantitative estimate of drug-likeness (QED) is 0.349. The van der Waals surface area contributed by atoms with E-state index in [9.17, 15) is 9.59 Å². The van der Waals surface area contributed by atoms with E-state index in [0.29, 0.717) is 5.69 Å². The summed E-state index contributed by atoms with van der Waals surface area (Å²) in [5, 5.41) is 2.33. The lowest BCUT2D eigenvalue weighted by molar-refractivity contribution is -0.157. The number of aromatic nitrogens is 1. The SMILES string of the molecule is CCOC(=O)C(C=Nc1ccc2c3ccccc3n(CC)c2c1)C(=O)OCC. The molecule has 0 bridgehead atoms. The molecule has 0 radical (unpaired) electrons. The summed E-state index contributed by atoms with van der Waals surface area (Å²) >= 11 is 0. The number of hydrogen-bond acceptors (Lipinski definition) is 5. The number of benzene rings is 2. The second kappa shape index (κ2) is 8.69. The zero-order chi connectivity index (χ0) is 20.1. The summed E-state index contributed by atoms with van der Waals surface area (Å²) in [7, 11) is 0. The molecule has 0 unspecified atom stereocenters. The van der Waals surface area contributed by atoms with E-state index in [1.165, 1.54) is 11.6 Å². The Hall–Kier alpha value is -3.15. The van der Waals surface area contributed by atoms with Gasteiger partial charge in [0.2, 0.25) is 0 Å². The van der Waals surface area contributed by atoms with Gasteiger partial charge in [-0.05, 0) is 39.0 Å². The minimum atomic E-state index is -1.17. The molecule has 0 fully saturated rings. The van der Waals surface area contributed by atoms with Crippen LogP contribution in [-0.4, -0.2) is 35.9 Å². The van der Waals surface area contributed by atoms with Crippen molar-refractivity contribution in [2.45, 2.75) is 27.3 Å². The van der Waals surface area contributed by atoms with E-state index in [-0.39, 0.29) is 13.2 Å². The number of aryl methyl sites for hydroxylation is 1. The molecule has 0 spiro atoms. The van der Waals surface area contributed by atoms with Crippen LogP contribution in [0.15, 0.2) is 47.5 Å². The third kappa shape index (κ3) is 3.76. The number of esters is 2. The monoisotopic (exact) mass is 380 g/mol. The first-order valence-corrected chi connectivity index (χ1v) is 9.49. The highest BCUT2D eigenvalue weighted by atomic mass is 16.6. The Morgan fingerprint density at radius 3 is 2.25 bits per heavy atom. The molecule has 6 nitrogen and oxygen atoms in total. The lowest BCUT2D eigenvalue weighted by Gasteiger charge is -2.10. The van der Waals surface area contributed by atoms with Crippen LogP contribution in [0.5, 0.6) is 0 Å². The largest absolute Gasteiger partial charge is 0.465 e. The average molecular weight is 380 g/mol. The summed E-state index contributed by atoms with van der Waals surface area (Å²) in [5.74, 6) is -2.49. The predicted octanol–water partition coefficient (Wildman–Crippen LogP) is 4.26. The first kappa shape index (κ1) is 19.6. The van der Waals surface area contributed by atoms with Crippen molar-refractivity contribution in [2.75, 3.05) is 13.2 Å². The van der Waals surface area contributed by atoms with Crippen LogP contribution < -0.4 is 0 Å². The number of rotatable bonds is 7. The molecule has 0 aliphatic carbocycles. The van der Waals surface area contributed by atoms with Crippen molar-refractivity contribution in [1.29, 1.82) is 0 Å². The van der Waals surface area contributed by atoms with Gasteiger partial charge < -0.3 is 14.0 Å². The molecule has 0 atom stereocenters. The fraction of sp³-hybridized carbons (Fsp3) is 0.318. The second-order valence-electron chi connectivity index (χ2n) is 6.22. The molecule has 28 heavy (non-hydrogen) atoms. The average Bonchev–Trinajstić information content (AvgIpc) is 3.01. The van der Waals surface area contributed by atoms with Gasteiger partial charge in [-0.25, -0.2) is 0 Å². The minimum Gasteiger partial charge on any atom is -0.465 e. The third-order valence-corrected chi connectivity index (χ3v) is 4.53. The van der Waals surface area contributed by atoms with Crippen molar-refractivity contribution in [3.05, 3.63) is 42.5 Å². The molecule has 1 heterocycles. The highest BCUT2D eigenvalue weighted by Crippen LogP contribution is 2.31. The number of hydrogen-bond donors (Lipinski definition) is 0. The molecule has 0 saturated heterocycles. The van der Waals surface area contributed by atoms with E-state index in [4.69, 9.17) is 9.47 Å². The molecule has 1 aromatic heterocycles. The molecule has 146 valence electrons. The van der Waals surface area contributed by atoms with Crippen molar-refractivity contribution < 1.29 is 19.1 Å². The van der Waals surface area contributed by atoms with Crippen LogP contribution in [0, 0.1) is 5.92 Å². The fourth-order valence-electron chi connectivity index (χ4n) is 3.30. The lowest BCUT2D eigenvalue weighted by atomic mass is 10.1.